The molecule has 0 aliphatic rings. The van der Waals surface area contributed by atoms with Gasteiger partial charge in [0.2, 0.25) is 0 Å². The largest absolute Gasteiger partial charge is 0.310 e. The maximum atomic E-state index is 12.9. The highest BCUT2D eigenvalue weighted by atomic mass is 19.1. The molecule has 1 atom stereocenters. The first-order chi connectivity index (χ1) is 9.29. The summed E-state index contributed by atoms with van der Waals surface area (Å²) in [6.45, 7) is 3.10. The van der Waals surface area contributed by atoms with E-state index in [1.807, 2.05) is 18.2 Å². The Balaban J connectivity index is 2.11. The summed E-state index contributed by atoms with van der Waals surface area (Å²) in [5.74, 6) is -0.290. The minimum atomic E-state index is -0.290. The van der Waals surface area contributed by atoms with Crippen LogP contribution in [-0.4, -0.2) is 11.5 Å². The smallest absolute Gasteiger partial charge is 0.141 e. The van der Waals surface area contributed by atoms with E-state index in [1.54, 1.807) is 6.07 Å². The Bertz CT molecular complexity index is 482. The van der Waals surface area contributed by atoms with Gasteiger partial charge in [-0.25, -0.2) is 4.39 Å². The lowest BCUT2D eigenvalue weighted by Crippen LogP contribution is -2.24. The van der Waals surface area contributed by atoms with Gasteiger partial charge in [0.25, 0.3) is 0 Å². The van der Waals surface area contributed by atoms with E-state index in [1.165, 1.54) is 17.8 Å². The van der Waals surface area contributed by atoms with Gasteiger partial charge in [0, 0.05) is 18.2 Å². The first kappa shape index (κ1) is 13.7. The fraction of sp³-hybridized carbons (Fsp3) is 0.312. The van der Waals surface area contributed by atoms with Crippen LogP contribution >= 0.6 is 0 Å². The summed E-state index contributed by atoms with van der Waals surface area (Å²) in [6.07, 6.45) is 3.13. The van der Waals surface area contributed by atoms with E-state index in [0.29, 0.717) is 0 Å². The SMILES string of the molecule is CCCNC(Cc1ccc(F)cn1)c1ccccc1. The number of pyridine rings is 1. The maximum absolute atomic E-state index is 12.9. The molecule has 3 heteroatoms. The Labute approximate surface area is 113 Å². The van der Waals surface area contributed by atoms with Crippen molar-refractivity contribution >= 4 is 0 Å². The molecular formula is C16H19FN2. The Morgan fingerprint density at radius 1 is 1.16 bits per heavy atom. The number of hydrogen-bond acceptors (Lipinski definition) is 2. The highest BCUT2D eigenvalue weighted by Gasteiger charge is 2.11. The quantitative estimate of drug-likeness (QED) is 0.857. The normalized spacial score (nSPS) is 12.3. The van der Waals surface area contributed by atoms with Crippen molar-refractivity contribution in [1.82, 2.24) is 10.3 Å². The van der Waals surface area contributed by atoms with E-state index in [-0.39, 0.29) is 11.9 Å². The van der Waals surface area contributed by atoms with Gasteiger partial charge in [-0.05, 0) is 30.7 Å². The number of nitrogens with one attached hydrogen (secondary N) is 1. The third kappa shape index (κ3) is 4.14. The third-order valence-electron chi connectivity index (χ3n) is 3.04. The van der Waals surface area contributed by atoms with Crippen molar-refractivity contribution in [3.8, 4) is 0 Å². The lowest BCUT2D eigenvalue weighted by atomic mass is 10.0. The maximum Gasteiger partial charge on any atom is 0.141 e. The topological polar surface area (TPSA) is 24.9 Å². The van der Waals surface area contributed by atoms with Crippen molar-refractivity contribution in [3.63, 3.8) is 0 Å². The number of hydrogen-bond donors (Lipinski definition) is 1. The summed E-state index contributed by atoms with van der Waals surface area (Å²) < 4.78 is 12.9. The van der Waals surface area contributed by atoms with Crippen LogP contribution in [0, 0.1) is 5.82 Å². The zero-order chi connectivity index (χ0) is 13.5. The van der Waals surface area contributed by atoms with Gasteiger partial charge < -0.3 is 5.32 Å². The van der Waals surface area contributed by atoms with Crippen LogP contribution in [0.3, 0.4) is 0 Å². The van der Waals surface area contributed by atoms with Crippen LogP contribution in [0.1, 0.15) is 30.6 Å². The molecule has 1 heterocycles. The molecule has 0 saturated carbocycles. The van der Waals surface area contributed by atoms with Crippen LogP contribution in [0.4, 0.5) is 4.39 Å². The van der Waals surface area contributed by atoms with Gasteiger partial charge in [-0.15, -0.1) is 0 Å². The van der Waals surface area contributed by atoms with E-state index < -0.39 is 0 Å². The molecule has 1 N–H and O–H groups in total. The van der Waals surface area contributed by atoms with Crippen LogP contribution in [0.2, 0.25) is 0 Å². The summed E-state index contributed by atoms with van der Waals surface area (Å²) in [7, 11) is 0. The number of nitrogens with zero attached hydrogens (tertiary/aromatic N) is 1. The highest BCUT2D eigenvalue weighted by molar-refractivity contribution is 5.21. The summed E-state index contributed by atoms with van der Waals surface area (Å²) in [4.78, 5) is 4.14. The highest BCUT2D eigenvalue weighted by Crippen LogP contribution is 2.17. The first-order valence-corrected chi connectivity index (χ1v) is 6.68. The number of halogens is 1. The molecule has 0 bridgehead atoms. The van der Waals surface area contributed by atoms with Crippen LogP contribution in [0.25, 0.3) is 0 Å². The Hall–Kier alpha value is -1.74. The fourth-order valence-electron chi connectivity index (χ4n) is 2.05. The Morgan fingerprint density at radius 2 is 1.95 bits per heavy atom. The second-order valence-electron chi connectivity index (χ2n) is 4.59. The zero-order valence-electron chi connectivity index (χ0n) is 11.1. The molecule has 2 nitrogen and oxygen atoms in total. The molecule has 1 aromatic heterocycles. The monoisotopic (exact) mass is 258 g/mol. The fourth-order valence-corrected chi connectivity index (χ4v) is 2.05. The summed E-state index contributed by atoms with van der Waals surface area (Å²) in [6, 6.07) is 13.7. The third-order valence-corrected chi connectivity index (χ3v) is 3.04. The average molecular weight is 258 g/mol. The van der Waals surface area contributed by atoms with Crippen molar-refractivity contribution in [2.75, 3.05) is 6.54 Å². The summed E-state index contributed by atoms with van der Waals surface area (Å²) in [5, 5.41) is 3.52. The lowest BCUT2D eigenvalue weighted by molar-refractivity contribution is 0.522. The first-order valence-electron chi connectivity index (χ1n) is 6.68. The van der Waals surface area contributed by atoms with Gasteiger partial charge >= 0.3 is 0 Å². The van der Waals surface area contributed by atoms with E-state index in [9.17, 15) is 4.39 Å². The average Bonchev–Trinajstić information content (AvgIpc) is 2.46. The van der Waals surface area contributed by atoms with Gasteiger partial charge in [0.15, 0.2) is 0 Å². The molecule has 1 aromatic carbocycles. The minimum absolute atomic E-state index is 0.221. The van der Waals surface area contributed by atoms with Crippen LogP contribution in [0.5, 0.6) is 0 Å². The molecule has 0 aliphatic heterocycles. The molecule has 19 heavy (non-hydrogen) atoms. The van der Waals surface area contributed by atoms with Gasteiger partial charge in [0.1, 0.15) is 5.82 Å². The van der Waals surface area contributed by atoms with Crippen molar-refractivity contribution in [3.05, 3.63) is 65.7 Å². The van der Waals surface area contributed by atoms with E-state index in [4.69, 9.17) is 0 Å². The lowest BCUT2D eigenvalue weighted by Gasteiger charge is -2.18. The summed E-state index contributed by atoms with van der Waals surface area (Å²) in [5.41, 5.74) is 2.14. The van der Waals surface area contributed by atoms with Gasteiger partial charge in [-0.3, -0.25) is 4.98 Å². The molecule has 100 valence electrons. The summed E-state index contributed by atoms with van der Waals surface area (Å²) >= 11 is 0. The molecule has 0 amide bonds. The predicted molar refractivity (Wildman–Crippen MR) is 75.4 cm³/mol. The van der Waals surface area contributed by atoms with Crippen LogP contribution < -0.4 is 5.32 Å². The minimum Gasteiger partial charge on any atom is -0.310 e. The van der Waals surface area contributed by atoms with E-state index in [2.05, 4.69) is 29.4 Å². The number of aromatic nitrogens is 1. The standard InChI is InChI=1S/C16H19FN2/c1-2-10-18-16(13-6-4-3-5-7-13)11-15-9-8-14(17)12-19-15/h3-9,12,16,18H,2,10-11H2,1H3. The van der Waals surface area contributed by atoms with Crippen molar-refractivity contribution in [2.24, 2.45) is 0 Å². The van der Waals surface area contributed by atoms with Crippen LogP contribution in [0.15, 0.2) is 48.7 Å². The molecule has 0 fully saturated rings. The van der Waals surface area contributed by atoms with E-state index >= 15 is 0 Å². The van der Waals surface area contributed by atoms with Crippen LogP contribution in [-0.2, 0) is 6.42 Å². The molecule has 2 rings (SSSR count). The van der Waals surface area contributed by atoms with Crippen molar-refractivity contribution in [1.29, 1.82) is 0 Å². The molecule has 0 aliphatic carbocycles. The Morgan fingerprint density at radius 3 is 2.58 bits per heavy atom. The van der Waals surface area contributed by atoms with Crippen molar-refractivity contribution in [2.45, 2.75) is 25.8 Å². The predicted octanol–water partition coefficient (Wildman–Crippen LogP) is 3.50. The molecule has 1 unspecified atom stereocenters. The molecule has 0 saturated heterocycles. The number of rotatable bonds is 6. The van der Waals surface area contributed by atoms with E-state index in [0.717, 1.165) is 25.1 Å². The Kier molecular flexibility index (Phi) is 5.04. The second kappa shape index (κ2) is 7.00. The molecule has 0 spiro atoms. The van der Waals surface area contributed by atoms with Gasteiger partial charge in [-0.1, -0.05) is 37.3 Å². The molecular weight excluding hydrogens is 239 g/mol. The van der Waals surface area contributed by atoms with Gasteiger partial charge in [-0.2, -0.15) is 0 Å². The zero-order valence-corrected chi connectivity index (χ0v) is 11.1. The van der Waals surface area contributed by atoms with Crippen molar-refractivity contribution < 1.29 is 4.39 Å². The molecule has 0 radical (unpaired) electrons. The molecule has 2 aromatic rings. The second-order valence-corrected chi connectivity index (χ2v) is 4.59. The number of benzene rings is 1. The van der Waals surface area contributed by atoms with Gasteiger partial charge in [0.05, 0.1) is 6.20 Å².